The van der Waals surface area contributed by atoms with Gasteiger partial charge in [-0.2, -0.15) is 0 Å². The van der Waals surface area contributed by atoms with E-state index in [-0.39, 0.29) is 5.92 Å². The topological polar surface area (TPSA) is 42.2 Å². The van der Waals surface area contributed by atoms with E-state index >= 15 is 0 Å². The number of fused-ring (bicyclic) bond motifs is 1. The molecule has 1 heterocycles. The zero-order chi connectivity index (χ0) is 13.4. The van der Waals surface area contributed by atoms with Crippen LogP contribution < -0.4 is 0 Å². The van der Waals surface area contributed by atoms with Crippen molar-refractivity contribution in [3.05, 3.63) is 34.9 Å². The maximum Gasteiger partial charge on any atom is 0.306 e. The van der Waals surface area contributed by atoms with Crippen LogP contribution >= 0.6 is 15.9 Å². The molecule has 0 bridgehead atoms. The molecule has 100 valence electrons. The predicted octanol–water partition coefficient (Wildman–Crippen LogP) is 4.22. The third-order valence-corrected chi connectivity index (χ3v) is 4.84. The van der Waals surface area contributed by atoms with Gasteiger partial charge in [-0.05, 0) is 43.9 Å². The van der Waals surface area contributed by atoms with Gasteiger partial charge in [-0.3, -0.25) is 4.79 Å². The standard InChI is InChI=1S/C15H16BrNO2/c16-13-2-1-3-14-12(13)8-9-17(14)11-6-4-10(5-7-11)15(18)19/h1-3,8-11H,4-7H2,(H,18,19). The van der Waals surface area contributed by atoms with E-state index < -0.39 is 5.97 Å². The van der Waals surface area contributed by atoms with Crippen LogP contribution in [0.15, 0.2) is 34.9 Å². The van der Waals surface area contributed by atoms with Gasteiger partial charge in [0.1, 0.15) is 0 Å². The Hall–Kier alpha value is -1.29. The Morgan fingerprint density at radius 2 is 1.95 bits per heavy atom. The van der Waals surface area contributed by atoms with Gasteiger partial charge in [0.2, 0.25) is 0 Å². The number of nitrogens with zero attached hydrogens (tertiary/aromatic N) is 1. The van der Waals surface area contributed by atoms with E-state index in [2.05, 4.69) is 38.8 Å². The molecular formula is C15H16BrNO2. The highest BCUT2D eigenvalue weighted by Gasteiger charge is 2.27. The Balaban J connectivity index is 1.86. The fourth-order valence-corrected chi connectivity index (χ4v) is 3.56. The Morgan fingerprint density at radius 3 is 2.63 bits per heavy atom. The molecule has 0 saturated heterocycles. The number of hydrogen-bond donors (Lipinski definition) is 1. The van der Waals surface area contributed by atoms with Crippen LogP contribution in [0.3, 0.4) is 0 Å². The van der Waals surface area contributed by atoms with Crippen LogP contribution in [0.2, 0.25) is 0 Å². The second-order valence-corrected chi connectivity index (χ2v) is 6.09. The number of carboxylic acid groups (broad SMARTS) is 1. The molecule has 1 fully saturated rings. The summed E-state index contributed by atoms with van der Waals surface area (Å²) in [4.78, 5) is 11.0. The summed E-state index contributed by atoms with van der Waals surface area (Å²) >= 11 is 3.57. The molecule has 0 amide bonds. The Kier molecular flexibility index (Phi) is 3.35. The van der Waals surface area contributed by atoms with Crippen molar-refractivity contribution >= 4 is 32.8 Å². The van der Waals surface area contributed by atoms with Crippen molar-refractivity contribution in [2.75, 3.05) is 0 Å². The number of halogens is 1. The largest absolute Gasteiger partial charge is 0.481 e. The molecule has 0 spiro atoms. The first-order valence-corrected chi connectivity index (χ1v) is 7.44. The van der Waals surface area contributed by atoms with Gasteiger partial charge in [0, 0.05) is 27.6 Å². The zero-order valence-electron chi connectivity index (χ0n) is 10.6. The maximum absolute atomic E-state index is 11.0. The van der Waals surface area contributed by atoms with E-state index in [1.165, 1.54) is 10.9 Å². The van der Waals surface area contributed by atoms with Crippen LogP contribution in [-0.2, 0) is 4.79 Å². The van der Waals surface area contributed by atoms with Crippen molar-refractivity contribution in [3.8, 4) is 0 Å². The molecule has 0 radical (unpaired) electrons. The first-order chi connectivity index (χ1) is 9.16. The Labute approximate surface area is 120 Å². The quantitative estimate of drug-likeness (QED) is 0.899. The number of aromatic nitrogens is 1. The number of benzene rings is 1. The van der Waals surface area contributed by atoms with Gasteiger partial charge in [-0.1, -0.05) is 22.0 Å². The number of aliphatic carboxylic acids is 1. The molecule has 0 atom stereocenters. The molecule has 1 aliphatic carbocycles. The maximum atomic E-state index is 11.0. The monoisotopic (exact) mass is 321 g/mol. The number of carboxylic acids is 1. The van der Waals surface area contributed by atoms with Crippen LogP contribution in [0.25, 0.3) is 10.9 Å². The minimum Gasteiger partial charge on any atom is -0.481 e. The molecule has 1 aromatic carbocycles. The van der Waals surface area contributed by atoms with Gasteiger partial charge < -0.3 is 9.67 Å². The molecule has 1 aliphatic rings. The molecule has 2 aromatic rings. The fourth-order valence-electron chi connectivity index (χ4n) is 3.07. The Bertz CT molecular complexity index is 612. The lowest BCUT2D eigenvalue weighted by molar-refractivity contribution is -0.143. The summed E-state index contributed by atoms with van der Waals surface area (Å²) in [5.41, 5.74) is 1.23. The van der Waals surface area contributed by atoms with Crippen molar-refractivity contribution in [2.45, 2.75) is 31.7 Å². The third-order valence-electron chi connectivity index (χ3n) is 4.15. The average molecular weight is 322 g/mol. The second-order valence-electron chi connectivity index (χ2n) is 5.24. The summed E-state index contributed by atoms with van der Waals surface area (Å²) in [7, 11) is 0. The molecule has 1 saturated carbocycles. The van der Waals surface area contributed by atoms with Crippen molar-refractivity contribution in [3.63, 3.8) is 0 Å². The summed E-state index contributed by atoms with van der Waals surface area (Å²) in [6, 6.07) is 8.79. The molecule has 4 heteroatoms. The van der Waals surface area contributed by atoms with Crippen LogP contribution in [0.1, 0.15) is 31.7 Å². The zero-order valence-corrected chi connectivity index (χ0v) is 12.1. The highest BCUT2D eigenvalue weighted by atomic mass is 79.9. The summed E-state index contributed by atoms with van der Waals surface area (Å²) < 4.78 is 3.42. The van der Waals surface area contributed by atoms with Crippen molar-refractivity contribution in [2.24, 2.45) is 5.92 Å². The summed E-state index contributed by atoms with van der Waals surface area (Å²) in [6.45, 7) is 0. The Morgan fingerprint density at radius 1 is 1.21 bits per heavy atom. The molecule has 3 rings (SSSR count). The third kappa shape index (κ3) is 2.29. The van der Waals surface area contributed by atoms with Crippen LogP contribution in [0.5, 0.6) is 0 Å². The van der Waals surface area contributed by atoms with Crippen LogP contribution in [0, 0.1) is 5.92 Å². The minimum absolute atomic E-state index is 0.148. The first-order valence-electron chi connectivity index (χ1n) is 6.64. The van der Waals surface area contributed by atoms with Crippen LogP contribution in [0.4, 0.5) is 0 Å². The molecule has 0 unspecified atom stereocenters. The highest BCUT2D eigenvalue weighted by Crippen LogP contribution is 2.35. The lowest BCUT2D eigenvalue weighted by Crippen LogP contribution is -2.22. The SMILES string of the molecule is O=C(O)C1CCC(n2ccc3c(Br)cccc32)CC1. The highest BCUT2D eigenvalue weighted by molar-refractivity contribution is 9.10. The van der Waals surface area contributed by atoms with Gasteiger partial charge in [0.05, 0.1) is 5.92 Å². The first kappa shape index (κ1) is 12.7. The lowest BCUT2D eigenvalue weighted by Gasteiger charge is -2.28. The molecule has 0 aliphatic heterocycles. The van der Waals surface area contributed by atoms with E-state index in [4.69, 9.17) is 5.11 Å². The van der Waals surface area contributed by atoms with Gasteiger partial charge in [-0.15, -0.1) is 0 Å². The number of hydrogen-bond acceptors (Lipinski definition) is 1. The molecular weight excluding hydrogens is 306 g/mol. The van der Waals surface area contributed by atoms with Gasteiger partial charge in [0.15, 0.2) is 0 Å². The molecule has 3 nitrogen and oxygen atoms in total. The van der Waals surface area contributed by atoms with Gasteiger partial charge >= 0.3 is 5.97 Å². The minimum atomic E-state index is -0.640. The normalized spacial score (nSPS) is 23.6. The van der Waals surface area contributed by atoms with E-state index in [9.17, 15) is 4.79 Å². The summed E-state index contributed by atoms with van der Waals surface area (Å²) in [5.74, 6) is -0.789. The summed E-state index contributed by atoms with van der Waals surface area (Å²) in [5, 5.41) is 10.3. The van der Waals surface area contributed by atoms with Crippen molar-refractivity contribution in [1.82, 2.24) is 4.57 Å². The van der Waals surface area contributed by atoms with E-state index in [1.807, 2.05) is 12.1 Å². The van der Waals surface area contributed by atoms with E-state index in [0.29, 0.717) is 6.04 Å². The van der Waals surface area contributed by atoms with Crippen LogP contribution in [-0.4, -0.2) is 15.6 Å². The predicted molar refractivity (Wildman–Crippen MR) is 78.3 cm³/mol. The fraction of sp³-hybridized carbons (Fsp3) is 0.400. The smallest absolute Gasteiger partial charge is 0.306 e. The molecule has 1 N–H and O–H groups in total. The van der Waals surface area contributed by atoms with Crippen molar-refractivity contribution in [1.29, 1.82) is 0 Å². The van der Waals surface area contributed by atoms with E-state index in [0.717, 1.165) is 30.2 Å². The summed E-state index contributed by atoms with van der Waals surface area (Å²) in [6.07, 6.45) is 5.60. The van der Waals surface area contributed by atoms with Crippen molar-refractivity contribution < 1.29 is 9.90 Å². The van der Waals surface area contributed by atoms with Gasteiger partial charge in [0.25, 0.3) is 0 Å². The molecule has 1 aromatic heterocycles. The average Bonchev–Trinajstić information content (AvgIpc) is 2.84. The lowest BCUT2D eigenvalue weighted by atomic mass is 9.86. The van der Waals surface area contributed by atoms with Gasteiger partial charge in [-0.25, -0.2) is 0 Å². The van der Waals surface area contributed by atoms with E-state index in [1.54, 1.807) is 0 Å². The number of carbonyl (C=O) groups is 1. The number of rotatable bonds is 2. The second kappa shape index (κ2) is 5.00. The molecule has 19 heavy (non-hydrogen) atoms.